The van der Waals surface area contributed by atoms with Crippen LogP contribution in [0.25, 0.3) is 0 Å². The molecule has 9 nitrogen and oxygen atoms in total. The van der Waals surface area contributed by atoms with Gasteiger partial charge >= 0.3 is 6.01 Å². The summed E-state index contributed by atoms with van der Waals surface area (Å²) in [6.45, 7) is 4.23. The van der Waals surface area contributed by atoms with Crippen molar-refractivity contribution in [3.8, 4) is 6.01 Å². The van der Waals surface area contributed by atoms with Gasteiger partial charge in [-0.1, -0.05) is 12.1 Å². The van der Waals surface area contributed by atoms with Crippen LogP contribution in [0.15, 0.2) is 36.5 Å². The van der Waals surface area contributed by atoms with Crippen molar-refractivity contribution in [3.63, 3.8) is 0 Å². The van der Waals surface area contributed by atoms with Gasteiger partial charge in [0, 0.05) is 49.4 Å². The van der Waals surface area contributed by atoms with Crippen LogP contribution in [0.5, 0.6) is 6.01 Å². The fourth-order valence-corrected chi connectivity index (χ4v) is 7.77. The molecule has 4 N–H and O–H groups in total. The minimum absolute atomic E-state index is 0.109. The monoisotopic (exact) mass is 573 g/mol. The second-order valence-electron chi connectivity index (χ2n) is 12.6. The molecule has 4 atom stereocenters. The summed E-state index contributed by atoms with van der Waals surface area (Å²) in [6, 6.07) is 10.3. The summed E-state index contributed by atoms with van der Waals surface area (Å²) in [5.41, 5.74) is 17.7. The number of nitrogen functional groups attached to an aromatic ring is 2. The maximum absolute atomic E-state index is 14.5. The molecule has 0 saturated carbocycles. The van der Waals surface area contributed by atoms with Crippen molar-refractivity contribution in [2.75, 3.05) is 43.1 Å². The number of pyridine rings is 1. The smallest absolute Gasteiger partial charge is 0.318 e. The Morgan fingerprint density at radius 2 is 2.10 bits per heavy atom. The molecule has 1 aromatic carbocycles. The lowest BCUT2D eigenvalue weighted by Crippen LogP contribution is -2.44. The van der Waals surface area contributed by atoms with Gasteiger partial charge < -0.3 is 25.8 Å². The van der Waals surface area contributed by atoms with E-state index in [0.29, 0.717) is 44.4 Å². The third-order valence-electron chi connectivity index (χ3n) is 10.1. The summed E-state index contributed by atoms with van der Waals surface area (Å²) in [7, 11) is 2.01. The molecule has 7 rings (SSSR count). The molecule has 10 heteroatoms. The van der Waals surface area contributed by atoms with E-state index in [1.54, 1.807) is 6.20 Å². The van der Waals surface area contributed by atoms with E-state index in [1.165, 1.54) is 5.56 Å². The fourth-order valence-electron chi connectivity index (χ4n) is 7.77. The number of aromatic nitrogens is 3. The van der Waals surface area contributed by atoms with Crippen molar-refractivity contribution in [3.05, 3.63) is 64.5 Å². The van der Waals surface area contributed by atoms with Gasteiger partial charge in [0.2, 0.25) is 0 Å². The minimum Gasteiger partial charge on any atom is -0.461 e. The third-order valence-corrected chi connectivity index (χ3v) is 10.1. The molecule has 2 saturated heterocycles. The Morgan fingerprint density at radius 1 is 1.21 bits per heavy atom. The first-order chi connectivity index (χ1) is 20.3. The number of halogens is 1. The molecule has 2 aromatic heterocycles. The lowest BCUT2D eigenvalue weighted by atomic mass is 9.74. The highest BCUT2D eigenvalue weighted by Crippen LogP contribution is 2.47. The second-order valence-corrected chi connectivity index (χ2v) is 12.6. The molecule has 1 unspecified atom stereocenters. The minimum atomic E-state index is -0.818. The summed E-state index contributed by atoms with van der Waals surface area (Å²) in [5, 5.41) is 0. The summed E-state index contributed by atoms with van der Waals surface area (Å²) in [5.74, 6) is 1.24. The van der Waals surface area contributed by atoms with Gasteiger partial charge in [0.15, 0.2) is 0 Å². The van der Waals surface area contributed by atoms with Gasteiger partial charge in [-0.2, -0.15) is 9.97 Å². The van der Waals surface area contributed by atoms with Gasteiger partial charge in [0.05, 0.1) is 29.5 Å². The average Bonchev–Trinajstić information content (AvgIpc) is 3.51. The molecule has 3 aliphatic heterocycles. The SMILES string of the molecule is C[C@@H](c1cccnc1N)N(C)c1nc(OCC23CCCN2C[C@H](F)C3)nc2c1CO[C@@]1(CCCc3ccc(N)cc31)C2. The zero-order chi connectivity index (χ0) is 29.1. The number of hydrogen-bond acceptors (Lipinski definition) is 9. The van der Waals surface area contributed by atoms with Gasteiger partial charge in [0.1, 0.15) is 24.4 Å². The van der Waals surface area contributed by atoms with E-state index in [-0.39, 0.29) is 11.6 Å². The molecule has 0 bridgehead atoms. The number of anilines is 3. The molecule has 222 valence electrons. The maximum Gasteiger partial charge on any atom is 0.318 e. The lowest BCUT2D eigenvalue weighted by molar-refractivity contribution is -0.0855. The van der Waals surface area contributed by atoms with Crippen molar-refractivity contribution in [2.45, 2.75) is 81.8 Å². The number of fused-ring (bicyclic) bond motifs is 4. The van der Waals surface area contributed by atoms with Crippen molar-refractivity contribution in [2.24, 2.45) is 0 Å². The van der Waals surface area contributed by atoms with E-state index in [1.807, 2.05) is 25.2 Å². The van der Waals surface area contributed by atoms with E-state index in [4.69, 9.17) is 30.9 Å². The van der Waals surface area contributed by atoms with Gasteiger partial charge in [0.25, 0.3) is 0 Å². The van der Waals surface area contributed by atoms with Gasteiger partial charge in [-0.25, -0.2) is 9.37 Å². The summed E-state index contributed by atoms with van der Waals surface area (Å²) in [4.78, 5) is 18.6. The van der Waals surface area contributed by atoms with Crippen LogP contribution in [0.4, 0.5) is 21.7 Å². The Bertz CT molecular complexity index is 1500. The normalized spacial score (nSPS) is 27.4. The summed E-state index contributed by atoms with van der Waals surface area (Å²) >= 11 is 0. The molecule has 3 aromatic rings. The van der Waals surface area contributed by atoms with Crippen LogP contribution in [0.3, 0.4) is 0 Å². The van der Waals surface area contributed by atoms with Crippen LogP contribution < -0.4 is 21.1 Å². The van der Waals surface area contributed by atoms with Crippen LogP contribution in [0, 0.1) is 0 Å². The van der Waals surface area contributed by atoms with Crippen molar-refractivity contribution < 1.29 is 13.9 Å². The lowest BCUT2D eigenvalue weighted by Gasteiger charge is -2.43. The predicted octanol–water partition coefficient (Wildman–Crippen LogP) is 4.49. The van der Waals surface area contributed by atoms with E-state index >= 15 is 0 Å². The Hall–Kier alpha value is -3.50. The molecule has 0 amide bonds. The molecule has 5 heterocycles. The summed E-state index contributed by atoms with van der Waals surface area (Å²) in [6.07, 6.45) is 6.91. The zero-order valence-electron chi connectivity index (χ0n) is 24.5. The second kappa shape index (κ2) is 10.3. The van der Waals surface area contributed by atoms with Gasteiger partial charge in [-0.3, -0.25) is 4.90 Å². The topological polar surface area (TPSA) is 116 Å². The fraction of sp³-hybridized carbons (Fsp3) is 0.531. The first kappa shape index (κ1) is 27.3. The average molecular weight is 574 g/mol. The van der Waals surface area contributed by atoms with Crippen LogP contribution >= 0.6 is 0 Å². The van der Waals surface area contributed by atoms with Crippen molar-refractivity contribution >= 4 is 17.3 Å². The largest absolute Gasteiger partial charge is 0.461 e. The Balaban J connectivity index is 1.27. The quantitative estimate of drug-likeness (QED) is 0.412. The number of nitrogens with two attached hydrogens (primary N) is 2. The van der Waals surface area contributed by atoms with Crippen LogP contribution in [-0.2, 0) is 29.8 Å². The van der Waals surface area contributed by atoms with Gasteiger partial charge in [-0.05, 0) is 74.9 Å². The number of rotatable bonds is 6. The highest BCUT2D eigenvalue weighted by atomic mass is 19.1. The number of alkyl halides is 1. The first-order valence-electron chi connectivity index (χ1n) is 15.1. The Morgan fingerprint density at radius 3 is 2.95 bits per heavy atom. The van der Waals surface area contributed by atoms with Crippen molar-refractivity contribution in [1.29, 1.82) is 0 Å². The van der Waals surface area contributed by atoms with E-state index in [9.17, 15) is 4.39 Å². The predicted molar refractivity (Wildman–Crippen MR) is 160 cm³/mol. The van der Waals surface area contributed by atoms with Crippen LogP contribution in [-0.4, -0.2) is 58.3 Å². The molecular formula is C32H40FN7O2. The Labute approximate surface area is 246 Å². The van der Waals surface area contributed by atoms with E-state index < -0.39 is 11.8 Å². The highest BCUT2D eigenvalue weighted by Gasteiger charge is 2.49. The zero-order valence-corrected chi connectivity index (χ0v) is 24.5. The van der Waals surface area contributed by atoms with Crippen LogP contribution in [0.1, 0.15) is 73.0 Å². The number of ether oxygens (including phenoxy) is 2. The maximum atomic E-state index is 14.5. The van der Waals surface area contributed by atoms with E-state index in [2.05, 4.69) is 33.8 Å². The molecule has 4 aliphatic rings. The summed E-state index contributed by atoms with van der Waals surface area (Å²) < 4.78 is 27.7. The van der Waals surface area contributed by atoms with Crippen molar-refractivity contribution in [1.82, 2.24) is 19.9 Å². The third kappa shape index (κ3) is 4.55. The number of benzene rings is 1. The molecular weight excluding hydrogens is 533 g/mol. The number of nitrogens with zero attached hydrogens (tertiary/aromatic N) is 5. The van der Waals surface area contributed by atoms with E-state index in [0.717, 1.165) is 72.5 Å². The first-order valence-corrected chi connectivity index (χ1v) is 15.1. The Kier molecular flexibility index (Phi) is 6.73. The highest BCUT2D eigenvalue weighted by molar-refractivity contribution is 5.56. The number of aryl methyl sites for hydroxylation is 1. The van der Waals surface area contributed by atoms with Gasteiger partial charge in [-0.15, -0.1) is 0 Å². The molecule has 1 spiro atoms. The molecule has 42 heavy (non-hydrogen) atoms. The molecule has 1 aliphatic carbocycles. The number of hydrogen-bond donors (Lipinski definition) is 2. The standard InChI is InChI=1S/C32H40FN7O2/c1-20(24-7-4-12-36-28(24)35)39(2)29-25-18-42-32(11-3-6-21-8-9-23(34)14-26(21)32)16-27(25)37-30(38-29)41-19-31-10-5-13-40(31)17-22(33)15-31/h4,7-9,12,14,20,22H,3,5-6,10-11,13,15-19,34H2,1-2H3,(H2,35,36)/t20-,22+,31?,32-/m0/s1. The van der Waals surface area contributed by atoms with Crippen LogP contribution in [0.2, 0.25) is 0 Å². The molecule has 2 fully saturated rings. The molecule has 0 radical (unpaired) electrons.